The molecule has 21 heavy (non-hydrogen) atoms. The second-order valence-corrected chi connectivity index (χ2v) is 6.24. The number of hydrogen-bond donors (Lipinski definition) is 0. The second kappa shape index (κ2) is 5.66. The maximum Gasteiger partial charge on any atom is 0.228 e. The zero-order chi connectivity index (χ0) is 15.0. The zero-order valence-corrected chi connectivity index (χ0v) is 14.2. The van der Waals surface area contributed by atoms with Gasteiger partial charge >= 0.3 is 0 Å². The largest absolute Gasteiger partial charge is 0.497 e. The molecule has 0 N–H and O–H groups in total. The Morgan fingerprint density at radius 2 is 1.81 bits per heavy atom. The number of halogens is 2. The number of methoxy groups -OCH3 is 1. The molecule has 3 rings (SSSR count). The van der Waals surface area contributed by atoms with E-state index in [0.29, 0.717) is 22.7 Å². The molecule has 0 unspecified atom stereocenters. The molecule has 3 aromatic rings. The lowest BCUT2D eigenvalue weighted by atomic mass is 10.1. The Kier molecular flexibility index (Phi) is 3.87. The highest BCUT2D eigenvalue weighted by atomic mass is 79.9. The van der Waals surface area contributed by atoms with Crippen LogP contribution in [0.25, 0.3) is 11.0 Å². The molecule has 5 heteroatoms. The van der Waals surface area contributed by atoms with E-state index in [1.165, 1.54) is 0 Å². The molecule has 1 heterocycles. The standard InChI is InChI=1S/C16H10Br2O3/c1-20-12-4-2-9(3-5-12)15(19)14-7-10-6-11(17)8-13(18)16(10)21-14/h2-8H,1H3. The van der Waals surface area contributed by atoms with Crippen LogP contribution in [0.15, 0.2) is 55.8 Å². The van der Waals surface area contributed by atoms with Crippen LogP contribution in [0.1, 0.15) is 16.1 Å². The molecular weight excluding hydrogens is 400 g/mol. The van der Waals surface area contributed by atoms with E-state index in [1.807, 2.05) is 12.1 Å². The van der Waals surface area contributed by atoms with Gasteiger partial charge in [-0.1, -0.05) is 15.9 Å². The monoisotopic (exact) mass is 408 g/mol. The maximum atomic E-state index is 12.5. The fourth-order valence-electron chi connectivity index (χ4n) is 2.07. The lowest BCUT2D eigenvalue weighted by molar-refractivity contribution is 0.101. The fraction of sp³-hybridized carbons (Fsp3) is 0.0625. The van der Waals surface area contributed by atoms with Crippen LogP contribution < -0.4 is 4.74 Å². The highest BCUT2D eigenvalue weighted by Gasteiger charge is 2.16. The first kappa shape index (κ1) is 14.4. The Balaban J connectivity index is 2.02. The van der Waals surface area contributed by atoms with Crippen molar-refractivity contribution in [1.82, 2.24) is 0 Å². The van der Waals surface area contributed by atoms with Crippen molar-refractivity contribution in [3.8, 4) is 5.75 Å². The van der Waals surface area contributed by atoms with Gasteiger partial charge in [-0.2, -0.15) is 0 Å². The third-order valence-corrected chi connectivity index (χ3v) is 4.16. The summed E-state index contributed by atoms with van der Waals surface area (Å²) in [7, 11) is 1.59. The molecule has 0 radical (unpaired) electrons. The van der Waals surface area contributed by atoms with Crippen molar-refractivity contribution in [3.05, 3.63) is 62.7 Å². The molecule has 0 aliphatic heterocycles. The van der Waals surface area contributed by atoms with Crippen molar-refractivity contribution in [1.29, 1.82) is 0 Å². The van der Waals surface area contributed by atoms with Crippen LogP contribution in [-0.2, 0) is 0 Å². The molecule has 0 bridgehead atoms. The van der Waals surface area contributed by atoms with Crippen molar-refractivity contribution >= 4 is 48.6 Å². The van der Waals surface area contributed by atoms with Crippen molar-refractivity contribution in [2.45, 2.75) is 0 Å². The molecule has 0 aliphatic carbocycles. The molecule has 106 valence electrons. The van der Waals surface area contributed by atoms with Gasteiger partial charge in [-0.25, -0.2) is 0 Å². The molecule has 0 atom stereocenters. The molecule has 0 saturated heterocycles. The van der Waals surface area contributed by atoms with Gasteiger partial charge in [0.1, 0.15) is 11.3 Å². The maximum absolute atomic E-state index is 12.5. The van der Waals surface area contributed by atoms with Gasteiger partial charge in [0.15, 0.2) is 5.76 Å². The summed E-state index contributed by atoms with van der Waals surface area (Å²) < 4.78 is 12.5. The molecule has 0 aliphatic rings. The molecule has 0 amide bonds. The van der Waals surface area contributed by atoms with Gasteiger partial charge in [-0.3, -0.25) is 4.79 Å². The van der Waals surface area contributed by atoms with Crippen LogP contribution in [0.2, 0.25) is 0 Å². The number of ketones is 1. The molecule has 2 aromatic carbocycles. The predicted octanol–water partition coefficient (Wildman–Crippen LogP) is 5.20. The first-order valence-electron chi connectivity index (χ1n) is 6.16. The van der Waals surface area contributed by atoms with Crippen molar-refractivity contribution in [2.75, 3.05) is 7.11 Å². The number of ether oxygens (including phenoxy) is 1. The van der Waals surface area contributed by atoms with Crippen LogP contribution in [0, 0.1) is 0 Å². The lowest BCUT2D eigenvalue weighted by Crippen LogP contribution is -1.99. The summed E-state index contributed by atoms with van der Waals surface area (Å²) in [6.07, 6.45) is 0. The van der Waals surface area contributed by atoms with E-state index in [4.69, 9.17) is 9.15 Å². The minimum absolute atomic E-state index is 0.156. The summed E-state index contributed by atoms with van der Waals surface area (Å²) in [6, 6.07) is 12.5. The quantitative estimate of drug-likeness (QED) is 0.558. The van der Waals surface area contributed by atoms with E-state index in [0.717, 1.165) is 14.3 Å². The summed E-state index contributed by atoms with van der Waals surface area (Å²) in [5, 5.41) is 0.869. The van der Waals surface area contributed by atoms with Gasteiger partial charge < -0.3 is 9.15 Å². The average molecular weight is 410 g/mol. The van der Waals surface area contributed by atoms with Crippen molar-refractivity contribution in [2.24, 2.45) is 0 Å². The summed E-state index contributed by atoms with van der Waals surface area (Å²) in [5.41, 5.74) is 1.22. The smallest absolute Gasteiger partial charge is 0.228 e. The van der Waals surface area contributed by atoms with Crippen molar-refractivity contribution < 1.29 is 13.9 Å². The number of benzene rings is 2. The number of furan rings is 1. The van der Waals surface area contributed by atoms with Crippen molar-refractivity contribution in [3.63, 3.8) is 0 Å². The predicted molar refractivity (Wildman–Crippen MR) is 88.0 cm³/mol. The van der Waals surface area contributed by atoms with Gasteiger partial charge in [0.05, 0.1) is 11.6 Å². The topological polar surface area (TPSA) is 39.4 Å². The lowest BCUT2D eigenvalue weighted by Gasteiger charge is -2.00. The molecule has 3 nitrogen and oxygen atoms in total. The number of carbonyl (C=O) groups is 1. The molecule has 0 fully saturated rings. The van der Waals surface area contributed by atoms with Gasteiger partial charge in [0.2, 0.25) is 5.78 Å². The van der Waals surface area contributed by atoms with E-state index in [9.17, 15) is 4.79 Å². The third kappa shape index (κ3) is 2.76. The van der Waals surface area contributed by atoms with Crippen LogP contribution in [0.4, 0.5) is 0 Å². The fourth-order valence-corrected chi connectivity index (χ4v) is 3.41. The minimum atomic E-state index is -0.156. The first-order valence-corrected chi connectivity index (χ1v) is 7.74. The van der Waals surface area contributed by atoms with Gasteiger partial charge in [-0.05, 0) is 58.4 Å². The number of carbonyl (C=O) groups excluding carboxylic acids is 1. The third-order valence-electron chi connectivity index (χ3n) is 3.11. The molecule has 0 saturated carbocycles. The Morgan fingerprint density at radius 1 is 1.10 bits per heavy atom. The zero-order valence-electron chi connectivity index (χ0n) is 11.0. The Hall–Kier alpha value is -1.59. The first-order chi connectivity index (χ1) is 10.1. The Bertz CT molecular complexity index is 819. The Morgan fingerprint density at radius 3 is 2.48 bits per heavy atom. The number of hydrogen-bond acceptors (Lipinski definition) is 3. The van der Waals surface area contributed by atoms with Crippen LogP contribution >= 0.6 is 31.9 Å². The van der Waals surface area contributed by atoms with E-state index in [1.54, 1.807) is 37.4 Å². The van der Waals surface area contributed by atoms with E-state index >= 15 is 0 Å². The number of fused-ring (bicyclic) bond motifs is 1. The van der Waals surface area contributed by atoms with Crippen LogP contribution in [-0.4, -0.2) is 12.9 Å². The molecular formula is C16H10Br2O3. The second-order valence-electron chi connectivity index (χ2n) is 4.47. The van der Waals surface area contributed by atoms with Crippen LogP contribution in [0.5, 0.6) is 5.75 Å². The highest BCUT2D eigenvalue weighted by Crippen LogP contribution is 2.31. The SMILES string of the molecule is COc1ccc(C(=O)c2cc3cc(Br)cc(Br)c3o2)cc1. The molecule has 1 aromatic heterocycles. The summed E-state index contributed by atoms with van der Waals surface area (Å²) in [6.45, 7) is 0. The average Bonchev–Trinajstić information content (AvgIpc) is 2.91. The van der Waals surface area contributed by atoms with Gasteiger partial charge in [0.25, 0.3) is 0 Å². The minimum Gasteiger partial charge on any atom is -0.497 e. The molecule has 0 spiro atoms. The van der Waals surface area contributed by atoms with E-state index in [-0.39, 0.29) is 5.78 Å². The van der Waals surface area contributed by atoms with Gasteiger partial charge in [0, 0.05) is 15.4 Å². The number of rotatable bonds is 3. The summed E-state index contributed by atoms with van der Waals surface area (Å²) in [5.74, 6) is 0.869. The van der Waals surface area contributed by atoms with E-state index < -0.39 is 0 Å². The van der Waals surface area contributed by atoms with E-state index in [2.05, 4.69) is 31.9 Å². The Labute approximate surface area is 138 Å². The summed E-state index contributed by atoms with van der Waals surface area (Å²) in [4.78, 5) is 12.5. The normalized spacial score (nSPS) is 10.8. The summed E-state index contributed by atoms with van der Waals surface area (Å²) >= 11 is 6.85. The highest BCUT2D eigenvalue weighted by molar-refractivity contribution is 9.11. The van der Waals surface area contributed by atoms with Crippen LogP contribution in [0.3, 0.4) is 0 Å². The van der Waals surface area contributed by atoms with Gasteiger partial charge in [-0.15, -0.1) is 0 Å².